The van der Waals surface area contributed by atoms with E-state index in [2.05, 4.69) is 15.7 Å². The molecule has 0 unspecified atom stereocenters. The van der Waals surface area contributed by atoms with E-state index in [1.54, 1.807) is 6.07 Å². The smallest absolute Gasteiger partial charge is 0.319 e. The van der Waals surface area contributed by atoms with E-state index in [0.717, 1.165) is 12.8 Å². The number of hydrogen-bond donors (Lipinski definition) is 2. The normalized spacial score (nSPS) is 16.5. The van der Waals surface area contributed by atoms with Gasteiger partial charge in [0.1, 0.15) is 5.69 Å². The quantitative estimate of drug-likeness (QED) is 0.597. The Balaban J connectivity index is 1.84. The van der Waals surface area contributed by atoms with Crippen molar-refractivity contribution in [1.29, 1.82) is 0 Å². The van der Waals surface area contributed by atoms with Gasteiger partial charge in [-0.25, -0.2) is 4.79 Å². The van der Waals surface area contributed by atoms with Crippen molar-refractivity contribution in [3.05, 3.63) is 23.7 Å². The van der Waals surface area contributed by atoms with E-state index >= 15 is 0 Å². The summed E-state index contributed by atoms with van der Waals surface area (Å²) < 4.78 is 0. The molecule has 1 aromatic heterocycles. The van der Waals surface area contributed by atoms with Gasteiger partial charge in [-0.1, -0.05) is 24.1 Å². The van der Waals surface area contributed by atoms with E-state index in [1.807, 2.05) is 0 Å². The molecule has 2 N–H and O–H groups in total. The van der Waals surface area contributed by atoms with Crippen LogP contribution in [0.4, 0.5) is 10.5 Å². The fourth-order valence-corrected chi connectivity index (χ4v) is 2.05. The first-order valence-electron chi connectivity index (χ1n) is 5.87. The molecule has 0 spiro atoms. The Hall–Kier alpha value is -1.85. The Labute approximate surface area is 99.6 Å². The van der Waals surface area contributed by atoms with Crippen LogP contribution < -0.4 is 15.5 Å². The molecule has 1 aliphatic carbocycles. The van der Waals surface area contributed by atoms with Gasteiger partial charge in [-0.05, 0) is 18.9 Å². The number of carbonyl (C=O) groups excluding carboxylic acids is 1. The maximum Gasteiger partial charge on any atom is 0.319 e. The molecule has 2 amide bonds. The number of hydrogen-bond acceptors (Lipinski definition) is 3. The van der Waals surface area contributed by atoms with Crippen LogP contribution in [0, 0.1) is 5.21 Å². The van der Waals surface area contributed by atoms with Gasteiger partial charge >= 0.3 is 6.03 Å². The van der Waals surface area contributed by atoms with Crippen molar-refractivity contribution in [1.82, 2.24) is 10.4 Å². The molecular formula is C11H16N4O2. The van der Waals surface area contributed by atoms with Gasteiger partial charge in [0, 0.05) is 11.1 Å². The van der Waals surface area contributed by atoms with Gasteiger partial charge in [-0.15, -0.1) is 0 Å². The third-order valence-corrected chi connectivity index (χ3v) is 2.88. The molecule has 6 nitrogen and oxygen atoms in total. The van der Waals surface area contributed by atoms with E-state index in [4.69, 9.17) is 0 Å². The number of nitrogens with zero attached hydrogens (tertiary/aromatic N) is 2. The van der Waals surface area contributed by atoms with Gasteiger partial charge < -0.3 is 15.8 Å². The minimum atomic E-state index is -0.261. The molecule has 1 aromatic rings. The number of anilines is 1. The van der Waals surface area contributed by atoms with Crippen molar-refractivity contribution in [3.63, 3.8) is 0 Å². The summed E-state index contributed by atoms with van der Waals surface area (Å²) in [5.74, 6) is 0. The standard InChI is InChI=1S/C11H16N4O2/c16-11(13-9-4-2-1-3-5-9)14-10-6-7-12-15(17)8-10/h6-9H,1-5H2,(H2,13,14,16). The number of rotatable bonds is 2. The van der Waals surface area contributed by atoms with Crippen molar-refractivity contribution in [2.75, 3.05) is 5.32 Å². The summed E-state index contributed by atoms with van der Waals surface area (Å²) in [6, 6.07) is 1.57. The molecule has 0 aliphatic heterocycles. The molecule has 0 saturated heterocycles. The minimum Gasteiger partial charge on any atom is -0.594 e. The number of amides is 2. The van der Waals surface area contributed by atoms with Crippen molar-refractivity contribution < 1.29 is 9.64 Å². The first-order chi connectivity index (χ1) is 8.24. The summed E-state index contributed by atoms with van der Waals surface area (Å²) in [6.07, 6.45) is 8.22. The molecule has 1 fully saturated rings. The number of nitrogens with one attached hydrogen (secondary N) is 2. The summed E-state index contributed by atoms with van der Waals surface area (Å²) in [5.41, 5.74) is 0.448. The Morgan fingerprint density at radius 1 is 1.41 bits per heavy atom. The Bertz CT molecular complexity index is 391. The lowest BCUT2D eigenvalue weighted by Gasteiger charge is -2.22. The SMILES string of the molecule is O=C(Nc1ccn[n+]([O-])c1)NC1CCCCC1. The maximum absolute atomic E-state index is 11.6. The monoisotopic (exact) mass is 236 g/mol. The number of urea groups is 1. The van der Waals surface area contributed by atoms with Crippen molar-refractivity contribution in [3.8, 4) is 0 Å². The fraction of sp³-hybridized carbons (Fsp3) is 0.545. The van der Waals surface area contributed by atoms with E-state index < -0.39 is 0 Å². The van der Waals surface area contributed by atoms with Gasteiger partial charge in [-0.2, -0.15) is 0 Å². The number of carbonyl (C=O) groups is 1. The van der Waals surface area contributed by atoms with Crippen LogP contribution in [0.1, 0.15) is 32.1 Å². The molecule has 2 rings (SSSR count). The first-order valence-corrected chi connectivity index (χ1v) is 5.87. The van der Waals surface area contributed by atoms with Gasteiger partial charge in [0.2, 0.25) is 6.20 Å². The molecule has 1 saturated carbocycles. The highest BCUT2D eigenvalue weighted by atomic mass is 16.5. The highest BCUT2D eigenvalue weighted by Crippen LogP contribution is 2.17. The van der Waals surface area contributed by atoms with Crippen LogP contribution in [0.3, 0.4) is 0 Å². The van der Waals surface area contributed by atoms with Crippen LogP contribution in [0.25, 0.3) is 0 Å². The third kappa shape index (κ3) is 3.58. The molecule has 0 atom stereocenters. The van der Waals surface area contributed by atoms with Crippen LogP contribution in [0.5, 0.6) is 0 Å². The lowest BCUT2D eigenvalue weighted by molar-refractivity contribution is -0.668. The van der Waals surface area contributed by atoms with Gasteiger partial charge in [0.05, 0.1) is 6.20 Å². The van der Waals surface area contributed by atoms with Crippen LogP contribution in [0.2, 0.25) is 0 Å². The third-order valence-electron chi connectivity index (χ3n) is 2.88. The summed E-state index contributed by atoms with van der Waals surface area (Å²) in [4.78, 5) is 12.1. The molecule has 0 aromatic carbocycles. The minimum absolute atomic E-state index is 0.255. The first kappa shape index (κ1) is 11.6. The molecule has 0 bridgehead atoms. The van der Waals surface area contributed by atoms with Gasteiger partial charge in [-0.3, -0.25) is 0 Å². The van der Waals surface area contributed by atoms with Crippen LogP contribution in [-0.2, 0) is 0 Å². The molecule has 6 heteroatoms. The van der Waals surface area contributed by atoms with E-state index in [1.165, 1.54) is 31.7 Å². The second-order valence-electron chi connectivity index (χ2n) is 4.25. The second-order valence-corrected chi connectivity index (χ2v) is 4.25. The highest BCUT2D eigenvalue weighted by molar-refractivity contribution is 5.89. The van der Waals surface area contributed by atoms with E-state index in [-0.39, 0.29) is 12.1 Å². The highest BCUT2D eigenvalue weighted by Gasteiger charge is 2.15. The van der Waals surface area contributed by atoms with Crippen molar-refractivity contribution in [2.24, 2.45) is 0 Å². The predicted octanol–water partition coefficient (Wildman–Crippen LogP) is 1.17. The number of aromatic nitrogens is 2. The second kappa shape index (κ2) is 5.47. The molecule has 1 aliphatic rings. The van der Waals surface area contributed by atoms with Crippen molar-refractivity contribution >= 4 is 11.7 Å². The van der Waals surface area contributed by atoms with Crippen LogP contribution in [0.15, 0.2) is 18.5 Å². The Kier molecular flexibility index (Phi) is 3.74. The summed E-state index contributed by atoms with van der Waals surface area (Å²) in [7, 11) is 0. The topological polar surface area (TPSA) is 81.0 Å². The van der Waals surface area contributed by atoms with Gasteiger partial charge in [0.25, 0.3) is 0 Å². The molecule has 17 heavy (non-hydrogen) atoms. The fourth-order valence-electron chi connectivity index (χ4n) is 2.05. The largest absolute Gasteiger partial charge is 0.594 e. The molecule has 92 valence electrons. The zero-order chi connectivity index (χ0) is 12.1. The summed E-state index contributed by atoms with van der Waals surface area (Å²) in [5, 5.41) is 19.9. The lowest BCUT2D eigenvalue weighted by atomic mass is 9.96. The zero-order valence-electron chi connectivity index (χ0n) is 9.56. The molecular weight excluding hydrogens is 220 g/mol. The summed E-state index contributed by atoms with van der Waals surface area (Å²) in [6.45, 7) is 0. The van der Waals surface area contributed by atoms with Gasteiger partial charge in [0.15, 0.2) is 0 Å². The van der Waals surface area contributed by atoms with Crippen molar-refractivity contribution in [2.45, 2.75) is 38.1 Å². The summed E-state index contributed by atoms with van der Waals surface area (Å²) >= 11 is 0. The maximum atomic E-state index is 11.6. The van der Waals surface area contributed by atoms with Crippen LogP contribution in [-0.4, -0.2) is 17.2 Å². The van der Waals surface area contributed by atoms with Crippen LogP contribution >= 0.6 is 0 Å². The average molecular weight is 236 g/mol. The molecule has 0 radical (unpaired) electrons. The van der Waals surface area contributed by atoms with E-state index in [0.29, 0.717) is 10.5 Å². The zero-order valence-corrected chi connectivity index (χ0v) is 9.56. The predicted molar refractivity (Wildman–Crippen MR) is 62.2 cm³/mol. The Morgan fingerprint density at radius 2 is 2.18 bits per heavy atom. The van der Waals surface area contributed by atoms with E-state index in [9.17, 15) is 10.0 Å². The lowest BCUT2D eigenvalue weighted by Crippen LogP contribution is -2.39. The molecule has 1 heterocycles. The Morgan fingerprint density at radius 3 is 2.88 bits per heavy atom. The average Bonchev–Trinajstić information content (AvgIpc) is 2.30.